The van der Waals surface area contributed by atoms with E-state index in [2.05, 4.69) is 0 Å². The van der Waals surface area contributed by atoms with E-state index in [0.29, 0.717) is 0 Å². The molecule has 3 rings (SSSR count). The van der Waals surface area contributed by atoms with E-state index in [0.717, 1.165) is 36.4 Å². The van der Waals surface area contributed by atoms with Gasteiger partial charge in [0.25, 0.3) is 0 Å². The van der Waals surface area contributed by atoms with Crippen molar-refractivity contribution in [2.75, 3.05) is 0 Å². The summed E-state index contributed by atoms with van der Waals surface area (Å²) < 4.78 is 10.2. The Morgan fingerprint density at radius 2 is 0.750 bits per heavy atom. The van der Waals surface area contributed by atoms with Crippen molar-refractivity contribution < 1.29 is 58.7 Å². The number of carbonyl (C=O) groups excluding carboxylic acids is 2. The Bertz CT molecular complexity index is 1310. The summed E-state index contributed by atoms with van der Waals surface area (Å²) >= 11 is 0. The van der Waals surface area contributed by atoms with Crippen LogP contribution >= 0.6 is 0 Å². The van der Waals surface area contributed by atoms with Crippen LogP contribution in [0.2, 0.25) is 0 Å². The molecule has 0 aromatic heterocycles. The van der Waals surface area contributed by atoms with Crippen molar-refractivity contribution >= 4 is 35.8 Å². The van der Waals surface area contributed by atoms with Crippen molar-refractivity contribution in [2.45, 2.75) is 0 Å². The van der Waals surface area contributed by atoms with Crippen LogP contribution in [0, 0.1) is 0 Å². The van der Waals surface area contributed by atoms with Crippen LogP contribution < -0.4 is 9.47 Å². The van der Waals surface area contributed by atoms with Gasteiger partial charge < -0.3 is 29.9 Å². The molecule has 3 aromatic rings. The zero-order chi connectivity index (χ0) is 26.6. The van der Waals surface area contributed by atoms with Gasteiger partial charge in [-0.3, -0.25) is 0 Å². The standard InChI is InChI=1S/C24H14O12/c25-19(26)15-7-1-11(9-17(15)21(29)30)23(33)35-13-3-5-14(6-4-13)36-24(34)12-2-8-16(20(27)28)18(10-12)22(31)32/h1-10H,(H,25,26)(H,27,28)(H,29,30)(H,31,32). The average Bonchev–Trinajstić information content (AvgIpc) is 2.84. The molecule has 0 heterocycles. The average molecular weight is 494 g/mol. The molecule has 0 unspecified atom stereocenters. The number of carboxylic acids is 4. The van der Waals surface area contributed by atoms with Crippen molar-refractivity contribution in [3.05, 3.63) is 94.0 Å². The molecule has 182 valence electrons. The summed E-state index contributed by atoms with van der Waals surface area (Å²) in [7, 11) is 0. The molecule has 0 aliphatic carbocycles. The maximum atomic E-state index is 12.3. The second kappa shape index (κ2) is 10.2. The number of carbonyl (C=O) groups is 6. The molecule has 0 spiro atoms. The van der Waals surface area contributed by atoms with E-state index >= 15 is 0 Å². The van der Waals surface area contributed by atoms with Gasteiger partial charge in [0.15, 0.2) is 0 Å². The Balaban J connectivity index is 1.73. The quantitative estimate of drug-likeness (QED) is 0.264. The van der Waals surface area contributed by atoms with Crippen molar-refractivity contribution in [1.82, 2.24) is 0 Å². The zero-order valence-electron chi connectivity index (χ0n) is 17.8. The Morgan fingerprint density at radius 1 is 0.444 bits per heavy atom. The minimum Gasteiger partial charge on any atom is -0.478 e. The number of hydrogen-bond donors (Lipinski definition) is 4. The highest BCUT2D eigenvalue weighted by Gasteiger charge is 2.21. The molecule has 0 saturated heterocycles. The lowest BCUT2D eigenvalue weighted by atomic mass is 10.0. The predicted molar refractivity (Wildman–Crippen MR) is 117 cm³/mol. The van der Waals surface area contributed by atoms with Crippen LogP contribution in [-0.2, 0) is 0 Å². The highest BCUT2D eigenvalue weighted by atomic mass is 16.5. The lowest BCUT2D eigenvalue weighted by molar-refractivity contribution is 0.0650. The van der Waals surface area contributed by atoms with E-state index < -0.39 is 58.1 Å². The largest absolute Gasteiger partial charge is 0.478 e. The molecule has 12 nitrogen and oxygen atoms in total. The third-order valence-corrected chi connectivity index (χ3v) is 4.68. The van der Waals surface area contributed by atoms with Gasteiger partial charge in [0.1, 0.15) is 11.5 Å². The Hall–Kier alpha value is -5.52. The summed E-state index contributed by atoms with van der Waals surface area (Å²) in [5.41, 5.74) is -2.63. The Kier molecular flexibility index (Phi) is 7.10. The molecule has 4 N–H and O–H groups in total. The van der Waals surface area contributed by atoms with Gasteiger partial charge in [-0.15, -0.1) is 0 Å². The minimum atomic E-state index is -1.54. The highest BCUT2D eigenvalue weighted by Crippen LogP contribution is 2.22. The molecule has 0 amide bonds. The smallest absolute Gasteiger partial charge is 0.343 e. The van der Waals surface area contributed by atoms with E-state index in [1.54, 1.807) is 0 Å². The molecule has 0 saturated carbocycles. The van der Waals surface area contributed by atoms with E-state index in [9.17, 15) is 28.8 Å². The number of hydrogen-bond acceptors (Lipinski definition) is 8. The molecular weight excluding hydrogens is 480 g/mol. The molecule has 12 heteroatoms. The summed E-state index contributed by atoms with van der Waals surface area (Å²) in [5.74, 6) is -8.01. The van der Waals surface area contributed by atoms with E-state index in [4.69, 9.17) is 29.9 Å². The third-order valence-electron chi connectivity index (χ3n) is 4.68. The van der Waals surface area contributed by atoms with Crippen molar-refractivity contribution in [3.8, 4) is 11.5 Å². The Labute approximate surface area is 200 Å². The number of benzene rings is 3. The third kappa shape index (κ3) is 5.51. The molecule has 0 atom stereocenters. The number of aromatic carboxylic acids is 4. The lowest BCUT2D eigenvalue weighted by Crippen LogP contribution is -2.14. The summed E-state index contributed by atoms with van der Waals surface area (Å²) in [6.07, 6.45) is 0. The molecule has 3 aromatic carbocycles. The SMILES string of the molecule is O=C(Oc1ccc(OC(=O)c2ccc(C(=O)O)c(C(=O)O)c2)cc1)c1ccc(C(=O)O)c(C(=O)O)c1. The van der Waals surface area contributed by atoms with Crippen LogP contribution in [0.25, 0.3) is 0 Å². The van der Waals surface area contributed by atoms with Crippen molar-refractivity contribution in [2.24, 2.45) is 0 Å². The number of carboxylic acid groups (broad SMARTS) is 4. The van der Waals surface area contributed by atoms with Gasteiger partial charge in [-0.05, 0) is 60.7 Å². The van der Waals surface area contributed by atoms with Crippen LogP contribution in [-0.4, -0.2) is 56.2 Å². The fraction of sp³-hybridized carbons (Fsp3) is 0. The van der Waals surface area contributed by atoms with Crippen molar-refractivity contribution in [1.29, 1.82) is 0 Å². The fourth-order valence-corrected chi connectivity index (χ4v) is 2.98. The van der Waals surface area contributed by atoms with Gasteiger partial charge in [-0.2, -0.15) is 0 Å². The van der Waals surface area contributed by atoms with Crippen LogP contribution in [0.5, 0.6) is 11.5 Å². The van der Waals surface area contributed by atoms with Gasteiger partial charge in [-0.25, -0.2) is 28.8 Å². The molecular formula is C24H14O12. The maximum Gasteiger partial charge on any atom is 0.343 e. The highest BCUT2D eigenvalue weighted by molar-refractivity contribution is 6.05. The summed E-state index contributed by atoms with van der Waals surface area (Å²) in [6, 6.07) is 10.8. The van der Waals surface area contributed by atoms with Crippen LogP contribution in [0.4, 0.5) is 0 Å². The number of ether oxygens (including phenoxy) is 2. The monoisotopic (exact) mass is 494 g/mol. The summed E-state index contributed by atoms with van der Waals surface area (Å²) in [4.78, 5) is 69.5. The number of esters is 2. The minimum absolute atomic E-state index is 0.0158. The predicted octanol–water partition coefficient (Wildman–Crippen LogP) is 2.92. The molecule has 0 aliphatic rings. The van der Waals surface area contributed by atoms with Crippen LogP contribution in [0.15, 0.2) is 60.7 Å². The second-order valence-electron chi connectivity index (χ2n) is 6.99. The van der Waals surface area contributed by atoms with Crippen LogP contribution in [0.1, 0.15) is 62.1 Å². The topological polar surface area (TPSA) is 202 Å². The van der Waals surface area contributed by atoms with Crippen molar-refractivity contribution in [3.63, 3.8) is 0 Å². The zero-order valence-corrected chi connectivity index (χ0v) is 17.8. The van der Waals surface area contributed by atoms with Gasteiger partial charge in [-0.1, -0.05) is 0 Å². The first kappa shape index (κ1) is 25.1. The van der Waals surface area contributed by atoms with E-state index in [1.807, 2.05) is 0 Å². The molecule has 0 aliphatic heterocycles. The Morgan fingerprint density at radius 3 is 1.03 bits per heavy atom. The van der Waals surface area contributed by atoms with Gasteiger partial charge in [0.2, 0.25) is 0 Å². The molecule has 0 radical (unpaired) electrons. The first-order chi connectivity index (χ1) is 17.0. The molecule has 36 heavy (non-hydrogen) atoms. The van der Waals surface area contributed by atoms with Gasteiger partial charge in [0.05, 0.1) is 33.4 Å². The molecule has 0 fully saturated rings. The van der Waals surface area contributed by atoms with Gasteiger partial charge >= 0.3 is 35.8 Å². The van der Waals surface area contributed by atoms with Crippen LogP contribution in [0.3, 0.4) is 0 Å². The van der Waals surface area contributed by atoms with Gasteiger partial charge in [0, 0.05) is 0 Å². The number of rotatable bonds is 8. The summed E-state index contributed by atoms with van der Waals surface area (Å²) in [5, 5.41) is 36.4. The first-order valence-corrected chi connectivity index (χ1v) is 9.73. The second-order valence-corrected chi connectivity index (χ2v) is 6.99. The lowest BCUT2D eigenvalue weighted by Gasteiger charge is -2.09. The van der Waals surface area contributed by atoms with E-state index in [1.165, 1.54) is 24.3 Å². The normalized spacial score (nSPS) is 10.2. The summed E-state index contributed by atoms with van der Waals surface area (Å²) in [6.45, 7) is 0. The first-order valence-electron chi connectivity index (χ1n) is 9.73. The molecule has 0 bridgehead atoms. The van der Waals surface area contributed by atoms with E-state index in [-0.39, 0.29) is 22.6 Å². The maximum absolute atomic E-state index is 12.3. The fourth-order valence-electron chi connectivity index (χ4n) is 2.98.